The number of methoxy groups -OCH3 is 2. The zero-order valence-electron chi connectivity index (χ0n) is 14.9. The molecule has 27 heavy (non-hydrogen) atoms. The number of hydrogen-bond donors (Lipinski definition) is 2. The number of aromatic nitrogens is 2. The Labute approximate surface area is 164 Å². The Bertz CT molecular complexity index is 897. The maximum absolute atomic E-state index is 12.5. The number of hydrogen-bond acceptors (Lipinski definition) is 8. The summed E-state index contributed by atoms with van der Waals surface area (Å²) >= 11 is 2.85. The largest absolute Gasteiger partial charge is 0.497 e. The van der Waals surface area contributed by atoms with Crippen LogP contribution >= 0.6 is 23.1 Å². The van der Waals surface area contributed by atoms with Crippen LogP contribution in [0.1, 0.15) is 16.6 Å². The first-order valence-electron chi connectivity index (χ1n) is 7.97. The molecular weight excluding hydrogens is 388 g/mol. The molecule has 1 atom stereocenters. The highest BCUT2D eigenvalue weighted by Crippen LogP contribution is 2.32. The van der Waals surface area contributed by atoms with Crippen LogP contribution in [0.5, 0.6) is 5.75 Å². The SMILES string of the molecule is COC(=O)C1=C(CSc2nnc(C)s2)NC(=O)N[C@H]1c1cccc(OC)c1. The minimum atomic E-state index is -0.645. The number of rotatable bonds is 6. The molecule has 0 radical (unpaired) electrons. The van der Waals surface area contributed by atoms with Gasteiger partial charge in [0.1, 0.15) is 10.8 Å². The van der Waals surface area contributed by atoms with Gasteiger partial charge >= 0.3 is 12.0 Å². The standard InChI is InChI=1S/C17H18N4O4S2/c1-9-20-21-17(27-9)26-8-12-13(15(22)25-3)14(19-16(23)18-12)10-5-4-6-11(7-10)24-2/h4-7,14H,8H2,1-3H3,(H2,18,19,23)/t14-/m0/s1. The average molecular weight is 406 g/mol. The number of esters is 1. The molecule has 0 saturated heterocycles. The van der Waals surface area contributed by atoms with E-state index in [9.17, 15) is 9.59 Å². The van der Waals surface area contributed by atoms with Crippen LogP contribution in [0.3, 0.4) is 0 Å². The van der Waals surface area contributed by atoms with Crippen LogP contribution in [-0.2, 0) is 9.53 Å². The number of nitrogens with zero attached hydrogens (tertiary/aromatic N) is 2. The number of aryl methyl sites for hydroxylation is 1. The van der Waals surface area contributed by atoms with E-state index in [1.165, 1.54) is 30.2 Å². The predicted molar refractivity (Wildman–Crippen MR) is 102 cm³/mol. The Morgan fingerprint density at radius 1 is 1.33 bits per heavy atom. The Morgan fingerprint density at radius 2 is 2.15 bits per heavy atom. The molecule has 0 spiro atoms. The van der Waals surface area contributed by atoms with Crippen molar-refractivity contribution in [2.24, 2.45) is 0 Å². The third kappa shape index (κ3) is 4.40. The van der Waals surface area contributed by atoms with Gasteiger partial charge in [-0.25, -0.2) is 9.59 Å². The number of ether oxygens (including phenoxy) is 2. The third-order valence-electron chi connectivity index (χ3n) is 3.83. The highest BCUT2D eigenvalue weighted by molar-refractivity contribution is 8.01. The molecule has 1 aromatic heterocycles. The number of nitrogens with one attached hydrogen (secondary N) is 2. The van der Waals surface area contributed by atoms with Gasteiger partial charge in [-0.1, -0.05) is 35.2 Å². The summed E-state index contributed by atoms with van der Waals surface area (Å²) in [6, 6.07) is 6.16. The number of benzene rings is 1. The predicted octanol–water partition coefficient (Wildman–Crippen LogP) is 2.43. The second-order valence-corrected chi connectivity index (χ2v) is 7.97. The van der Waals surface area contributed by atoms with Crippen molar-refractivity contribution in [1.82, 2.24) is 20.8 Å². The quantitative estimate of drug-likeness (QED) is 0.561. The normalized spacial score (nSPS) is 16.6. The summed E-state index contributed by atoms with van der Waals surface area (Å²) < 4.78 is 11.0. The molecule has 0 aliphatic carbocycles. The third-order valence-corrected chi connectivity index (χ3v) is 5.83. The summed E-state index contributed by atoms with van der Waals surface area (Å²) in [5.41, 5.74) is 1.55. The Hall–Kier alpha value is -2.59. The lowest BCUT2D eigenvalue weighted by atomic mass is 9.95. The summed E-state index contributed by atoms with van der Waals surface area (Å²) in [5, 5.41) is 14.4. The lowest BCUT2D eigenvalue weighted by Gasteiger charge is -2.29. The van der Waals surface area contributed by atoms with Crippen LogP contribution in [-0.4, -0.2) is 42.2 Å². The number of urea groups is 1. The molecule has 0 saturated carbocycles. The highest BCUT2D eigenvalue weighted by Gasteiger charge is 2.33. The number of carbonyl (C=O) groups is 2. The zero-order valence-corrected chi connectivity index (χ0v) is 16.6. The fraction of sp³-hybridized carbons (Fsp3) is 0.294. The Kier molecular flexibility index (Phi) is 5.97. The molecule has 2 N–H and O–H groups in total. The van der Waals surface area contributed by atoms with Crippen molar-refractivity contribution < 1.29 is 19.1 Å². The van der Waals surface area contributed by atoms with E-state index in [2.05, 4.69) is 20.8 Å². The fourth-order valence-corrected chi connectivity index (χ4v) is 4.41. The molecule has 0 bridgehead atoms. The average Bonchev–Trinajstić information content (AvgIpc) is 3.10. The maximum Gasteiger partial charge on any atom is 0.338 e. The second-order valence-electron chi connectivity index (χ2n) is 5.57. The van der Waals surface area contributed by atoms with Gasteiger partial charge in [-0.2, -0.15) is 0 Å². The van der Waals surface area contributed by atoms with Crippen LogP contribution in [0.15, 0.2) is 39.9 Å². The first-order chi connectivity index (χ1) is 13.0. The maximum atomic E-state index is 12.5. The van der Waals surface area contributed by atoms with E-state index >= 15 is 0 Å². The first kappa shape index (κ1) is 19.2. The van der Waals surface area contributed by atoms with E-state index in [4.69, 9.17) is 9.47 Å². The number of thioether (sulfide) groups is 1. The Balaban J connectivity index is 1.97. The van der Waals surface area contributed by atoms with Crippen molar-refractivity contribution in [3.8, 4) is 5.75 Å². The van der Waals surface area contributed by atoms with Crippen molar-refractivity contribution in [2.75, 3.05) is 20.0 Å². The van der Waals surface area contributed by atoms with E-state index in [1.54, 1.807) is 25.3 Å². The highest BCUT2D eigenvalue weighted by atomic mass is 32.2. The zero-order chi connectivity index (χ0) is 19.4. The minimum Gasteiger partial charge on any atom is -0.497 e. The van der Waals surface area contributed by atoms with Gasteiger partial charge < -0.3 is 20.1 Å². The van der Waals surface area contributed by atoms with Crippen molar-refractivity contribution >= 4 is 35.1 Å². The molecule has 1 aliphatic rings. The van der Waals surface area contributed by atoms with Gasteiger partial charge in [-0.3, -0.25) is 0 Å². The van der Waals surface area contributed by atoms with Crippen molar-refractivity contribution in [3.63, 3.8) is 0 Å². The summed E-state index contributed by atoms with van der Waals surface area (Å²) in [6.45, 7) is 1.87. The van der Waals surface area contributed by atoms with Crippen LogP contribution in [0.4, 0.5) is 4.79 Å². The minimum absolute atomic E-state index is 0.346. The molecular formula is C17H18N4O4S2. The molecule has 8 nitrogen and oxygen atoms in total. The molecule has 10 heteroatoms. The topological polar surface area (TPSA) is 102 Å². The van der Waals surface area contributed by atoms with Crippen LogP contribution in [0.2, 0.25) is 0 Å². The van der Waals surface area contributed by atoms with E-state index < -0.39 is 12.0 Å². The van der Waals surface area contributed by atoms with Crippen LogP contribution in [0, 0.1) is 6.92 Å². The monoisotopic (exact) mass is 406 g/mol. The lowest BCUT2D eigenvalue weighted by molar-refractivity contribution is -0.136. The summed E-state index contributed by atoms with van der Waals surface area (Å²) in [6.07, 6.45) is 0. The molecule has 3 rings (SSSR count). The van der Waals surface area contributed by atoms with Gasteiger partial charge in [0.2, 0.25) is 0 Å². The first-order valence-corrected chi connectivity index (χ1v) is 9.77. The number of carbonyl (C=O) groups excluding carboxylic acids is 2. The lowest BCUT2D eigenvalue weighted by Crippen LogP contribution is -2.46. The van der Waals surface area contributed by atoms with E-state index in [0.717, 1.165) is 14.9 Å². The summed E-state index contributed by atoms with van der Waals surface area (Å²) in [5.74, 6) is 0.469. The molecule has 2 heterocycles. The number of amides is 2. The second kappa shape index (κ2) is 8.40. The molecule has 1 aliphatic heterocycles. The van der Waals surface area contributed by atoms with Crippen molar-refractivity contribution in [1.29, 1.82) is 0 Å². The van der Waals surface area contributed by atoms with E-state index in [-0.39, 0.29) is 6.03 Å². The molecule has 2 aromatic rings. The van der Waals surface area contributed by atoms with Gasteiger partial charge in [0.15, 0.2) is 4.34 Å². The molecule has 1 aromatic carbocycles. The van der Waals surface area contributed by atoms with Crippen molar-refractivity contribution in [2.45, 2.75) is 17.3 Å². The molecule has 0 fully saturated rings. The van der Waals surface area contributed by atoms with Crippen LogP contribution < -0.4 is 15.4 Å². The molecule has 2 amide bonds. The van der Waals surface area contributed by atoms with Crippen molar-refractivity contribution in [3.05, 3.63) is 46.1 Å². The van der Waals surface area contributed by atoms with E-state index in [1.807, 2.05) is 13.0 Å². The van der Waals surface area contributed by atoms with E-state index in [0.29, 0.717) is 22.8 Å². The van der Waals surface area contributed by atoms with Gasteiger partial charge in [0.25, 0.3) is 0 Å². The summed E-state index contributed by atoms with van der Waals surface area (Å²) in [7, 11) is 2.87. The van der Waals surface area contributed by atoms with Gasteiger partial charge in [-0.05, 0) is 24.6 Å². The smallest absolute Gasteiger partial charge is 0.338 e. The van der Waals surface area contributed by atoms with Gasteiger partial charge in [-0.15, -0.1) is 10.2 Å². The summed E-state index contributed by atoms with van der Waals surface area (Å²) in [4.78, 5) is 24.7. The fourth-order valence-electron chi connectivity index (χ4n) is 2.62. The molecule has 0 unspecified atom stereocenters. The van der Waals surface area contributed by atoms with Gasteiger partial charge in [0, 0.05) is 11.4 Å². The van der Waals surface area contributed by atoms with Crippen LogP contribution in [0.25, 0.3) is 0 Å². The Morgan fingerprint density at radius 3 is 2.81 bits per heavy atom. The van der Waals surface area contributed by atoms with Gasteiger partial charge in [0.05, 0.1) is 25.8 Å². The molecule has 142 valence electrons.